The maximum absolute atomic E-state index is 10.8. The Balaban J connectivity index is 1.62. The van der Waals surface area contributed by atoms with E-state index in [1.165, 1.54) is 12.1 Å². The van der Waals surface area contributed by atoms with Gasteiger partial charge < -0.3 is 14.6 Å². The van der Waals surface area contributed by atoms with Crippen LogP contribution in [0.2, 0.25) is 0 Å². The van der Waals surface area contributed by atoms with Crippen molar-refractivity contribution in [2.45, 2.75) is 6.61 Å². The summed E-state index contributed by atoms with van der Waals surface area (Å²) in [5, 5.41) is 15.1. The second-order valence-electron chi connectivity index (χ2n) is 5.53. The van der Waals surface area contributed by atoms with Gasteiger partial charge in [-0.3, -0.25) is 5.43 Å². The SMILES string of the molecule is COc1cc(/C=N\Nc2ccc(C(=O)O)cc2)ccc1OCc1cccs1. The number of methoxy groups -OCH3 is 1. The van der Waals surface area contributed by atoms with E-state index in [4.69, 9.17) is 14.6 Å². The summed E-state index contributed by atoms with van der Waals surface area (Å²) < 4.78 is 11.2. The molecule has 0 unspecified atom stereocenters. The number of carbonyl (C=O) groups is 1. The second kappa shape index (κ2) is 8.86. The van der Waals surface area contributed by atoms with Crippen LogP contribution in [0.4, 0.5) is 5.69 Å². The quantitative estimate of drug-likeness (QED) is 0.443. The van der Waals surface area contributed by atoms with E-state index in [0.717, 1.165) is 10.4 Å². The summed E-state index contributed by atoms with van der Waals surface area (Å²) in [5.74, 6) is 0.333. The molecule has 6 nitrogen and oxygen atoms in total. The van der Waals surface area contributed by atoms with Crippen LogP contribution in [0.15, 0.2) is 65.1 Å². The highest BCUT2D eigenvalue weighted by Crippen LogP contribution is 2.28. The fraction of sp³-hybridized carbons (Fsp3) is 0.100. The number of nitrogens with one attached hydrogen (secondary N) is 1. The van der Waals surface area contributed by atoms with Crippen LogP contribution >= 0.6 is 11.3 Å². The van der Waals surface area contributed by atoms with Gasteiger partial charge in [0.05, 0.1) is 24.6 Å². The van der Waals surface area contributed by atoms with Crippen molar-refractivity contribution < 1.29 is 19.4 Å². The van der Waals surface area contributed by atoms with Crippen molar-refractivity contribution in [3.05, 3.63) is 76.0 Å². The number of aromatic carboxylic acids is 1. The molecule has 2 aromatic carbocycles. The van der Waals surface area contributed by atoms with Gasteiger partial charge in [0.2, 0.25) is 0 Å². The molecule has 0 saturated carbocycles. The zero-order valence-electron chi connectivity index (χ0n) is 14.6. The Kier molecular flexibility index (Phi) is 6.06. The lowest BCUT2D eigenvalue weighted by Crippen LogP contribution is -1.98. The monoisotopic (exact) mass is 382 g/mol. The maximum Gasteiger partial charge on any atom is 0.335 e. The van der Waals surface area contributed by atoms with Gasteiger partial charge in [-0.1, -0.05) is 6.07 Å². The molecule has 3 rings (SSSR count). The molecule has 0 radical (unpaired) electrons. The summed E-state index contributed by atoms with van der Waals surface area (Å²) in [7, 11) is 1.59. The number of hydrogen-bond donors (Lipinski definition) is 2. The lowest BCUT2D eigenvalue weighted by Gasteiger charge is -2.10. The van der Waals surface area contributed by atoms with Crippen LogP contribution in [0.5, 0.6) is 11.5 Å². The van der Waals surface area contributed by atoms with Gasteiger partial charge in [0, 0.05) is 4.88 Å². The number of carboxylic acids is 1. The largest absolute Gasteiger partial charge is 0.493 e. The second-order valence-corrected chi connectivity index (χ2v) is 6.56. The Morgan fingerprint density at radius 3 is 2.67 bits per heavy atom. The summed E-state index contributed by atoms with van der Waals surface area (Å²) in [6.45, 7) is 0.495. The summed E-state index contributed by atoms with van der Waals surface area (Å²) in [4.78, 5) is 12.0. The molecule has 1 aromatic heterocycles. The molecule has 27 heavy (non-hydrogen) atoms. The number of anilines is 1. The third-order valence-corrected chi connectivity index (χ3v) is 4.53. The zero-order valence-corrected chi connectivity index (χ0v) is 15.4. The highest BCUT2D eigenvalue weighted by atomic mass is 32.1. The van der Waals surface area contributed by atoms with E-state index in [1.54, 1.807) is 36.8 Å². The van der Waals surface area contributed by atoms with Gasteiger partial charge in [0.25, 0.3) is 0 Å². The molecule has 1 heterocycles. The smallest absolute Gasteiger partial charge is 0.335 e. The number of rotatable bonds is 8. The molecule has 0 atom stereocenters. The number of ether oxygens (including phenoxy) is 2. The van der Waals surface area contributed by atoms with Gasteiger partial charge in [-0.15, -0.1) is 11.3 Å². The molecule has 0 aliphatic heterocycles. The number of benzene rings is 2. The van der Waals surface area contributed by atoms with Crippen molar-refractivity contribution in [2.24, 2.45) is 5.10 Å². The van der Waals surface area contributed by atoms with Crippen LogP contribution in [-0.4, -0.2) is 24.4 Å². The summed E-state index contributed by atoms with van der Waals surface area (Å²) in [5.41, 5.74) is 4.62. The molecule has 0 aliphatic carbocycles. The van der Waals surface area contributed by atoms with E-state index >= 15 is 0 Å². The lowest BCUT2D eigenvalue weighted by atomic mass is 10.2. The van der Waals surface area contributed by atoms with Crippen molar-refractivity contribution in [3.63, 3.8) is 0 Å². The molecule has 0 saturated heterocycles. The Labute approximate surface area is 160 Å². The van der Waals surface area contributed by atoms with E-state index in [2.05, 4.69) is 10.5 Å². The van der Waals surface area contributed by atoms with E-state index < -0.39 is 5.97 Å². The average molecular weight is 382 g/mol. The van der Waals surface area contributed by atoms with E-state index in [9.17, 15) is 4.79 Å². The van der Waals surface area contributed by atoms with Gasteiger partial charge in [-0.2, -0.15) is 5.10 Å². The first-order valence-electron chi connectivity index (χ1n) is 8.11. The fourth-order valence-corrected chi connectivity index (χ4v) is 2.91. The molecule has 7 heteroatoms. The minimum Gasteiger partial charge on any atom is -0.493 e. The van der Waals surface area contributed by atoms with Gasteiger partial charge in [-0.05, 0) is 59.5 Å². The Bertz CT molecular complexity index is 922. The Hall–Kier alpha value is -3.32. The average Bonchev–Trinajstić information content (AvgIpc) is 3.21. The third kappa shape index (κ3) is 5.08. The van der Waals surface area contributed by atoms with Gasteiger partial charge >= 0.3 is 5.97 Å². The fourth-order valence-electron chi connectivity index (χ4n) is 2.30. The number of hydrogen-bond acceptors (Lipinski definition) is 6. The molecule has 0 aliphatic rings. The molecule has 2 N–H and O–H groups in total. The van der Waals surface area contributed by atoms with Gasteiger partial charge in [0.1, 0.15) is 6.61 Å². The van der Waals surface area contributed by atoms with Crippen LogP contribution in [-0.2, 0) is 6.61 Å². The van der Waals surface area contributed by atoms with Gasteiger partial charge in [-0.25, -0.2) is 4.79 Å². The maximum atomic E-state index is 10.8. The lowest BCUT2D eigenvalue weighted by molar-refractivity contribution is 0.0697. The number of carboxylic acid groups (broad SMARTS) is 1. The first-order chi connectivity index (χ1) is 13.2. The van der Waals surface area contributed by atoms with E-state index in [-0.39, 0.29) is 5.56 Å². The molecule has 3 aromatic rings. The highest BCUT2D eigenvalue weighted by molar-refractivity contribution is 7.09. The predicted molar refractivity (Wildman–Crippen MR) is 106 cm³/mol. The molecular weight excluding hydrogens is 364 g/mol. The van der Waals surface area contributed by atoms with Crippen molar-refractivity contribution >= 4 is 29.2 Å². The molecular formula is C20H18N2O4S. The topological polar surface area (TPSA) is 80.2 Å². The van der Waals surface area contributed by atoms with Crippen LogP contribution in [0.1, 0.15) is 20.8 Å². The zero-order chi connectivity index (χ0) is 19.1. The standard InChI is InChI=1S/C20H18N2O4S/c1-25-19-11-14(4-9-18(19)26-13-17-3-2-10-27-17)12-21-22-16-7-5-15(6-8-16)20(23)24/h2-12,22H,13H2,1H3,(H,23,24)/b21-12-. The van der Waals surface area contributed by atoms with Crippen LogP contribution in [0.25, 0.3) is 0 Å². The first-order valence-corrected chi connectivity index (χ1v) is 8.99. The molecule has 0 fully saturated rings. The molecule has 0 spiro atoms. The van der Waals surface area contributed by atoms with Gasteiger partial charge in [0.15, 0.2) is 11.5 Å². The minimum absolute atomic E-state index is 0.229. The van der Waals surface area contributed by atoms with Crippen molar-refractivity contribution in [2.75, 3.05) is 12.5 Å². The molecule has 0 bridgehead atoms. The van der Waals surface area contributed by atoms with E-state index in [0.29, 0.717) is 23.8 Å². The number of thiophene rings is 1. The highest BCUT2D eigenvalue weighted by Gasteiger charge is 2.06. The molecule has 138 valence electrons. The summed E-state index contributed by atoms with van der Waals surface area (Å²) in [6, 6.07) is 15.9. The normalized spacial score (nSPS) is 10.7. The third-order valence-electron chi connectivity index (χ3n) is 3.68. The first kappa shape index (κ1) is 18.5. The van der Waals surface area contributed by atoms with Crippen molar-refractivity contribution in [1.82, 2.24) is 0 Å². The number of hydrazone groups is 1. The predicted octanol–water partition coefficient (Wildman–Crippen LogP) is 4.48. The van der Waals surface area contributed by atoms with Crippen LogP contribution in [0, 0.1) is 0 Å². The van der Waals surface area contributed by atoms with E-state index in [1.807, 2.05) is 35.7 Å². The number of nitrogens with zero attached hydrogens (tertiary/aromatic N) is 1. The summed E-state index contributed by atoms with van der Waals surface area (Å²) in [6.07, 6.45) is 1.65. The van der Waals surface area contributed by atoms with Crippen LogP contribution in [0.3, 0.4) is 0 Å². The van der Waals surface area contributed by atoms with Crippen LogP contribution < -0.4 is 14.9 Å². The summed E-state index contributed by atoms with van der Waals surface area (Å²) >= 11 is 1.64. The molecule has 0 amide bonds. The Morgan fingerprint density at radius 2 is 2.00 bits per heavy atom. The Morgan fingerprint density at radius 1 is 1.19 bits per heavy atom. The minimum atomic E-state index is -0.960. The van der Waals surface area contributed by atoms with Crippen molar-refractivity contribution in [3.8, 4) is 11.5 Å². The van der Waals surface area contributed by atoms with Crippen molar-refractivity contribution in [1.29, 1.82) is 0 Å².